The predicted octanol–water partition coefficient (Wildman–Crippen LogP) is 0.829. The van der Waals surface area contributed by atoms with E-state index in [1.54, 1.807) is 0 Å². The molecule has 1 aromatic rings. The number of aromatic nitrogens is 1. The summed E-state index contributed by atoms with van der Waals surface area (Å²) in [5.41, 5.74) is 7.01. The number of nitrogens with one attached hydrogen (secondary N) is 1. The quantitative estimate of drug-likeness (QED) is 0.569. The topological polar surface area (TPSA) is 41.8 Å². The standard InChI is InChI=1S/C7H10N2/c8-7-3-6(7)5-1-2-9-4-5/h1-2,4,6-7,9H,3,8H2. The Morgan fingerprint density at radius 2 is 2.44 bits per heavy atom. The molecule has 0 bridgehead atoms. The number of aromatic amines is 1. The molecule has 3 N–H and O–H groups in total. The highest BCUT2D eigenvalue weighted by Gasteiger charge is 2.34. The molecule has 1 saturated carbocycles. The van der Waals surface area contributed by atoms with Crippen molar-refractivity contribution in [2.45, 2.75) is 18.4 Å². The van der Waals surface area contributed by atoms with Gasteiger partial charge in [-0.05, 0) is 18.1 Å². The Morgan fingerprint density at radius 1 is 1.67 bits per heavy atom. The molecule has 1 heterocycles. The lowest BCUT2D eigenvalue weighted by Gasteiger charge is -1.86. The molecule has 1 aromatic heterocycles. The minimum atomic E-state index is 0.431. The summed E-state index contributed by atoms with van der Waals surface area (Å²) in [4.78, 5) is 3.02. The molecule has 0 aromatic carbocycles. The molecule has 2 nitrogen and oxygen atoms in total. The molecule has 0 saturated heterocycles. The third-order valence-electron chi connectivity index (χ3n) is 1.89. The van der Waals surface area contributed by atoms with Gasteiger partial charge in [-0.15, -0.1) is 0 Å². The molecule has 1 fully saturated rings. The number of hydrogen-bond acceptors (Lipinski definition) is 1. The van der Waals surface area contributed by atoms with E-state index in [9.17, 15) is 0 Å². The zero-order chi connectivity index (χ0) is 6.27. The second kappa shape index (κ2) is 1.61. The summed E-state index contributed by atoms with van der Waals surface area (Å²) >= 11 is 0. The largest absolute Gasteiger partial charge is 0.367 e. The second-order valence-corrected chi connectivity index (χ2v) is 2.65. The van der Waals surface area contributed by atoms with Crippen LogP contribution in [0.1, 0.15) is 17.9 Å². The Bertz CT molecular complexity index is 191. The maximum absolute atomic E-state index is 5.64. The van der Waals surface area contributed by atoms with E-state index in [0.717, 1.165) is 6.42 Å². The van der Waals surface area contributed by atoms with Crippen LogP contribution in [0.25, 0.3) is 0 Å². The number of nitrogens with two attached hydrogens (primary N) is 1. The van der Waals surface area contributed by atoms with Crippen LogP contribution >= 0.6 is 0 Å². The van der Waals surface area contributed by atoms with E-state index in [4.69, 9.17) is 5.73 Å². The molecule has 2 heteroatoms. The highest BCUT2D eigenvalue weighted by molar-refractivity contribution is 5.24. The Kier molecular flexibility index (Phi) is 0.904. The van der Waals surface area contributed by atoms with E-state index in [0.29, 0.717) is 12.0 Å². The van der Waals surface area contributed by atoms with E-state index >= 15 is 0 Å². The third kappa shape index (κ3) is 0.754. The van der Waals surface area contributed by atoms with Gasteiger partial charge in [0.2, 0.25) is 0 Å². The van der Waals surface area contributed by atoms with Gasteiger partial charge in [0.15, 0.2) is 0 Å². The first kappa shape index (κ1) is 5.06. The van der Waals surface area contributed by atoms with Crippen molar-refractivity contribution in [2.75, 3.05) is 0 Å². The first-order valence-electron chi connectivity index (χ1n) is 3.26. The Balaban J connectivity index is 2.18. The van der Waals surface area contributed by atoms with E-state index in [2.05, 4.69) is 11.1 Å². The molecule has 9 heavy (non-hydrogen) atoms. The van der Waals surface area contributed by atoms with Crippen LogP contribution in [0.15, 0.2) is 18.5 Å². The van der Waals surface area contributed by atoms with Crippen LogP contribution in [0.5, 0.6) is 0 Å². The maximum atomic E-state index is 5.64. The lowest BCUT2D eigenvalue weighted by molar-refractivity contribution is 0.992. The van der Waals surface area contributed by atoms with Crippen molar-refractivity contribution in [3.05, 3.63) is 24.0 Å². The predicted molar refractivity (Wildman–Crippen MR) is 36.1 cm³/mol. The molecule has 1 aliphatic carbocycles. The van der Waals surface area contributed by atoms with Gasteiger partial charge in [-0.3, -0.25) is 0 Å². The smallest absolute Gasteiger partial charge is 0.0115 e. The normalized spacial score (nSPS) is 32.6. The molecule has 2 rings (SSSR count). The van der Waals surface area contributed by atoms with Crippen molar-refractivity contribution in [3.8, 4) is 0 Å². The lowest BCUT2D eigenvalue weighted by Crippen LogP contribution is -1.99. The van der Waals surface area contributed by atoms with Crippen molar-refractivity contribution in [3.63, 3.8) is 0 Å². The average Bonchev–Trinajstić information content (AvgIpc) is 2.44. The van der Waals surface area contributed by atoms with Crippen LogP contribution in [0.3, 0.4) is 0 Å². The zero-order valence-electron chi connectivity index (χ0n) is 5.17. The van der Waals surface area contributed by atoms with E-state index in [1.807, 2.05) is 12.4 Å². The highest BCUT2D eigenvalue weighted by atomic mass is 14.8. The molecule has 48 valence electrons. The second-order valence-electron chi connectivity index (χ2n) is 2.65. The Hall–Kier alpha value is -0.760. The van der Waals surface area contributed by atoms with Crippen LogP contribution in [-0.2, 0) is 0 Å². The monoisotopic (exact) mass is 122 g/mol. The molecular formula is C7H10N2. The molecule has 0 aliphatic heterocycles. The lowest BCUT2D eigenvalue weighted by atomic mass is 10.2. The fourth-order valence-electron chi connectivity index (χ4n) is 1.17. The van der Waals surface area contributed by atoms with Gasteiger partial charge >= 0.3 is 0 Å². The van der Waals surface area contributed by atoms with Gasteiger partial charge in [0.05, 0.1) is 0 Å². The Labute approximate surface area is 54.1 Å². The summed E-state index contributed by atoms with van der Waals surface area (Å²) < 4.78 is 0. The van der Waals surface area contributed by atoms with Gasteiger partial charge in [0.25, 0.3) is 0 Å². The summed E-state index contributed by atoms with van der Waals surface area (Å²) in [6.07, 6.45) is 5.13. The average molecular weight is 122 g/mol. The third-order valence-corrected chi connectivity index (χ3v) is 1.89. The van der Waals surface area contributed by atoms with Gasteiger partial charge in [0.1, 0.15) is 0 Å². The minimum Gasteiger partial charge on any atom is -0.367 e. The fourth-order valence-corrected chi connectivity index (χ4v) is 1.17. The van der Waals surface area contributed by atoms with Crippen LogP contribution in [0.4, 0.5) is 0 Å². The number of hydrogen-bond donors (Lipinski definition) is 2. The summed E-state index contributed by atoms with van der Waals surface area (Å²) in [7, 11) is 0. The zero-order valence-corrected chi connectivity index (χ0v) is 5.17. The highest BCUT2D eigenvalue weighted by Crippen LogP contribution is 2.38. The van der Waals surface area contributed by atoms with Crippen molar-refractivity contribution in [1.29, 1.82) is 0 Å². The molecule has 2 atom stereocenters. The van der Waals surface area contributed by atoms with Crippen LogP contribution in [-0.4, -0.2) is 11.0 Å². The Morgan fingerprint density at radius 3 is 2.89 bits per heavy atom. The van der Waals surface area contributed by atoms with Crippen LogP contribution in [0.2, 0.25) is 0 Å². The summed E-state index contributed by atoms with van der Waals surface area (Å²) in [6, 6.07) is 2.53. The van der Waals surface area contributed by atoms with Gasteiger partial charge in [-0.1, -0.05) is 0 Å². The first-order valence-corrected chi connectivity index (χ1v) is 3.26. The minimum absolute atomic E-state index is 0.431. The SMILES string of the molecule is NC1CC1c1cc[nH]c1. The van der Waals surface area contributed by atoms with Crippen LogP contribution < -0.4 is 5.73 Å². The summed E-state index contributed by atoms with van der Waals surface area (Å²) in [6.45, 7) is 0. The van der Waals surface area contributed by atoms with Crippen molar-refractivity contribution in [2.24, 2.45) is 5.73 Å². The molecular weight excluding hydrogens is 112 g/mol. The molecule has 0 radical (unpaired) electrons. The first-order chi connectivity index (χ1) is 4.38. The van der Waals surface area contributed by atoms with Gasteiger partial charge in [0, 0.05) is 24.4 Å². The van der Waals surface area contributed by atoms with E-state index in [1.165, 1.54) is 5.56 Å². The van der Waals surface area contributed by atoms with Gasteiger partial charge in [-0.25, -0.2) is 0 Å². The van der Waals surface area contributed by atoms with Crippen molar-refractivity contribution in [1.82, 2.24) is 4.98 Å². The van der Waals surface area contributed by atoms with Gasteiger partial charge in [-0.2, -0.15) is 0 Å². The summed E-state index contributed by atoms with van der Waals surface area (Å²) in [5, 5.41) is 0. The molecule has 2 unspecified atom stereocenters. The van der Waals surface area contributed by atoms with Crippen molar-refractivity contribution < 1.29 is 0 Å². The van der Waals surface area contributed by atoms with E-state index in [-0.39, 0.29) is 0 Å². The summed E-state index contributed by atoms with van der Waals surface area (Å²) in [5.74, 6) is 0.649. The molecule has 1 aliphatic rings. The van der Waals surface area contributed by atoms with Crippen molar-refractivity contribution >= 4 is 0 Å². The van der Waals surface area contributed by atoms with Gasteiger partial charge < -0.3 is 10.7 Å². The van der Waals surface area contributed by atoms with Crippen LogP contribution in [0, 0.1) is 0 Å². The van der Waals surface area contributed by atoms with E-state index < -0.39 is 0 Å². The molecule has 0 spiro atoms. The fraction of sp³-hybridized carbons (Fsp3) is 0.429. The maximum Gasteiger partial charge on any atom is 0.0115 e. The molecule has 0 amide bonds. The number of H-pyrrole nitrogens is 1. The number of rotatable bonds is 1.